The van der Waals surface area contributed by atoms with Crippen LogP contribution in [-0.2, 0) is 10.2 Å². The molecule has 1 aliphatic rings. The Labute approximate surface area is 115 Å². The number of amidine groups is 1. The van der Waals surface area contributed by atoms with E-state index in [1.807, 2.05) is 20.9 Å². The fourth-order valence-electron chi connectivity index (χ4n) is 2.00. The van der Waals surface area contributed by atoms with E-state index in [1.54, 1.807) is 0 Å². The van der Waals surface area contributed by atoms with E-state index in [-0.39, 0.29) is 11.8 Å². The van der Waals surface area contributed by atoms with Gasteiger partial charge >= 0.3 is 0 Å². The molecule has 1 heterocycles. The molecule has 0 aromatic heterocycles. The summed E-state index contributed by atoms with van der Waals surface area (Å²) < 4.78 is 29.1. The number of piperidine rings is 1. The van der Waals surface area contributed by atoms with Gasteiger partial charge in [0.1, 0.15) is 5.84 Å². The van der Waals surface area contributed by atoms with E-state index in [0.29, 0.717) is 32.5 Å². The summed E-state index contributed by atoms with van der Waals surface area (Å²) in [7, 11) is -1.67. The van der Waals surface area contributed by atoms with E-state index < -0.39 is 15.7 Å². The molecule has 5 N–H and O–H groups in total. The first-order chi connectivity index (χ1) is 8.67. The largest absolute Gasteiger partial charge is 0.386 e. The monoisotopic (exact) mass is 291 g/mol. The highest BCUT2D eigenvalue weighted by Crippen LogP contribution is 2.22. The molecule has 1 rings (SSSR count). The lowest BCUT2D eigenvalue weighted by molar-refractivity contribution is 0.218. The number of hydrogen-bond acceptors (Lipinski definition) is 4. The summed E-state index contributed by atoms with van der Waals surface area (Å²) in [6.07, 6.45) is 1.03. The molecule has 0 atom stereocenters. The second-order valence-electron chi connectivity index (χ2n) is 5.65. The molecular formula is C11H25N5O2S. The third-order valence-electron chi connectivity index (χ3n) is 3.37. The zero-order valence-corrected chi connectivity index (χ0v) is 12.7. The first kappa shape index (κ1) is 16.4. The van der Waals surface area contributed by atoms with Crippen molar-refractivity contribution in [1.82, 2.24) is 14.3 Å². The van der Waals surface area contributed by atoms with Crippen molar-refractivity contribution in [2.45, 2.75) is 32.2 Å². The highest BCUT2D eigenvalue weighted by Gasteiger charge is 2.40. The van der Waals surface area contributed by atoms with Gasteiger partial charge in [0.05, 0.1) is 5.54 Å². The zero-order chi connectivity index (χ0) is 14.7. The van der Waals surface area contributed by atoms with Crippen molar-refractivity contribution < 1.29 is 8.42 Å². The lowest BCUT2D eigenvalue weighted by atomic mass is 9.88. The number of nitrogens with two attached hydrogens (primary N) is 1. The summed E-state index contributed by atoms with van der Waals surface area (Å²) >= 11 is 0. The standard InChI is InChI=1S/C11H25N5O2S/c1-9(2)8-14-19(17,18)15-11(10(12)13)4-6-16(3)7-5-11/h9,14-15H,4-8H2,1-3H3,(H3,12,13). The summed E-state index contributed by atoms with van der Waals surface area (Å²) in [4.78, 5) is 2.09. The Morgan fingerprint density at radius 1 is 1.42 bits per heavy atom. The van der Waals surface area contributed by atoms with Gasteiger partial charge in [0.15, 0.2) is 0 Å². The average molecular weight is 291 g/mol. The van der Waals surface area contributed by atoms with Crippen molar-refractivity contribution >= 4 is 16.0 Å². The van der Waals surface area contributed by atoms with E-state index >= 15 is 0 Å². The number of nitrogens with zero attached hydrogens (tertiary/aromatic N) is 1. The van der Waals surface area contributed by atoms with Crippen molar-refractivity contribution in [2.24, 2.45) is 11.7 Å². The Balaban J connectivity index is 2.76. The van der Waals surface area contributed by atoms with Crippen LogP contribution >= 0.6 is 0 Å². The lowest BCUT2D eigenvalue weighted by Crippen LogP contribution is -2.63. The highest BCUT2D eigenvalue weighted by atomic mass is 32.2. The van der Waals surface area contributed by atoms with Crippen molar-refractivity contribution in [2.75, 3.05) is 26.7 Å². The number of rotatable bonds is 6. The third-order valence-corrected chi connectivity index (χ3v) is 4.57. The Kier molecular flexibility index (Phi) is 5.31. The first-order valence-corrected chi connectivity index (χ1v) is 7.97. The van der Waals surface area contributed by atoms with Crippen LogP contribution in [0.5, 0.6) is 0 Å². The molecule has 0 saturated carbocycles. The smallest absolute Gasteiger partial charge is 0.277 e. The van der Waals surface area contributed by atoms with E-state index in [4.69, 9.17) is 11.1 Å². The van der Waals surface area contributed by atoms with Gasteiger partial charge in [-0.05, 0) is 25.8 Å². The summed E-state index contributed by atoms with van der Waals surface area (Å²) in [6.45, 7) is 5.65. The van der Waals surface area contributed by atoms with Crippen LogP contribution in [0.25, 0.3) is 0 Å². The SMILES string of the molecule is CC(C)CNS(=O)(=O)NC1(C(=N)N)CCN(C)CC1. The van der Waals surface area contributed by atoms with E-state index in [0.717, 1.165) is 0 Å². The Morgan fingerprint density at radius 2 is 1.95 bits per heavy atom. The van der Waals surface area contributed by atoms with Gasteiger partial charge in [0.2, 0.25) is 0 Å². The quantitative estimate of drug-likeness (QED) is 0.389. The predicted molar refractivity (Wildman–Crippen MR) is 76.3 cm³/mol. The number of nitrogens with one attached hydrogen (secondary N) is 3. The van der Waals surface area contributed by atoms with Gasteiger partial charge in [-0.15, -0.1) is 0 Å². The molecule has 0 aromatic rings. The van der Waals surface area contributed by atoms with Crippen LogP contribution in [0.1, 0.15) is 26.7 Å². The van der Waals surface area contributed by atoms with Gasteiger partial charge in [-0.2, -0.15) is 13.1 Å². The fourth-order valence-corrected chi connectivity index (χ4v) is 3.45. The maximum Gasteiger partial charge on any atom is 0.277 e. The van der Waals surface area contributed by atoms with Crippen molar-refractivity contribution in [3.63, 3.8) is 0 Å². The van der Waals surface area contributed by atoms with E-state index in [9.17, 15) is 8.42 Å². The predicted octanol–water partition coefficient (Wildman–Crippen LogP) is -0.533. The molecule has 112 valence electrons. The van der Waals surface area contributed by atoms with Gasteiger partial charge in [-0.1, -0.05) is 13.8 Å². The molecule has 19 heavy (non-hydrogen) atoms. The molecule has 1 saturated heterocycles. The van der Waals surface area contributed by atoms with Crippen LogP contribution in [-0.4, -0.2) is 51.4 Å². The maximum atomic E-state index is 12.0. The Morgan fingerprint density at radius 3 is 2.37 bits per heavy atom. The summed E-state index contributed by atoms with van der Waals surface area (Å²) in [6, 6.07) is 0. The minimum Gasteiger partial charge on any atom is -0.386 e. The zero-order valence-electron chi connectivity index (χ0n) is 11.9. The van der Waals surface area contributed by atoms with Crippen molar-refractivity contribution in [3.8, 4) is 0 Å². The van der Waals surface area contributed by atoms with Crippen molar-refractivity contribution in [1.29, 1.82) is 5.41 Å². The molecule has 8 heteroatoms. The molecule has 0 spiro atoms. The molecule has 0 bridgehead atoms. The molecule has 0 aromatic carbocycles. The molecular weight excluding hydrogens is 266 g/mol. The average Bonchev–Trinajstić information content (AvgIpc) is 2.29. The van der Waals surface area contributed by atoms with E-state index in [1.165, 1.54) is 0 Å². The molecule has 1 aliphatic heterocycles. The van der Waals surface area contributed by atoms with Crippen LogP contribution < -0.4 is 15.2 Å². The summed E-state index contributed by atoms with van der Waals surface area (Å²) in [5.41, 5.74) is 4.67. The minimum absolute atomic E-state index is 0.115. The van der Waals surface area contributed by atoms with Gasteiger partial charge < -0.3 is 10.6 Å². The van der Waals surface area contributed by atoms with Crippen LogP contribution in [0.15, 0.2) is 0 Å². The number of likely N-dealkylation sites (tertiary alicyclic amines) is 1. The maximum absolute atomic E-state index is 12.0. The van der Waals surface area contributed by atoms with Crippen LogP contribution in [0.4, 0.5) is 0 Å². The molecule has 0 aliphatic carbocycles. The van der Waals surface area contributed by atoms with Crippen LogP contribution in [0.3, 0.4) is 0 Å². The van der Waals surface area contributed by atoms with Gasteiger partial charge in [-0.3, -0.25) is 5.41 Å². The molecule has 0 radical (unpaired) electrons. The molecule has 0 unspecified atom stereocenters. The minimum atomic E-state index is -3.64. The molecule has 1 fully saturated rings. The van der Waals surface area contributed by atoms with Gasteiger partial charge in [-0.25, -0.2) is 4.72 Å². The van der Waals surface area contributed by atoms with Crippen LogP contribution in [0, 0.1) is 11.3 Å². The molecule has 7 nitrogen and oxygen atoms in total. The normalized spacial score (nSPS) is 20.6. The Bertz CT molecular complexity index is 413. The summed E-state index contributed by atoms with van der Waals surface area (Å²) in [5, 5.41) is 7.70. The molecule has 0 amide bonds. The fraction of sp³-hybridized carbons (Fsp3) is 0.909. The third kappa shape index (κ3) is 4.72. The first-order valence-electron chi connectivity index (χ1n) is 6.48. The summed E-state index contributed by atoms with van der Waals surface area (Å²) in [5.74, 6) is 0.109. The van der Waals surface area contributed by atoms with Crippen molar-refractivity contribution in [3.05, 3.63) is 0 Å². The van der Waals surface area contributed by atoms with Crippen LogP contribution in [0.2, 0.25) is 0 Å². The lowest BCUT2D eigenvalue weighted by Gasteiger charge is -2.39. The van der Waals surface area contributed by atoms with Gasteiger partial charge in [0, 0.05) is 19.6 Å². The second-order valence-corrected chi connectivity index (χ2v) is 7.15. The van der Waals surface area contributed by atoms with E-state index in [2.05, 4.69) is 14.3 Å². The topological polar surface area (TPSA) is 111 Å². The van der Waals surface area contributed by atoms with Gasteiger partial charge in [0.25, 0.3) is 10.2 Å². The number of hydrogen-bond donors (Lipinski definition) is 4. The Hall–Kier alpha value is -0.700. The highest BCUT2D eigenvalue weighted by molar-refractivity contribution is 7.87. The second kappa shape index (κ2) is 6.17.